The van der Waals surface area contributed by atoms with Crippen molar-refractivity contribution < 1.29 is 4.79 Å². The maximum absolute atomic E-state index is 13.0. The number of hydrogen-bond acceptors (Lipinski definition) is 3. The van der Waals surface area contributed by atoms with E-state index >= 15 is 0 Å². The molecule has 28 heavy (non-hydrogen) atoms. The molecule has 0 radical (unpaired) electrons. The van der Waals surface area contributed by atoms with E-state index in [4.69, 9.17) is 4.98 Å². The van der Waals surface area contributed by atoms with Gasteiger partial charge in [-0.2, -0.15) is 0 Å². The zero-order valence-corrected chi connectivity index (χ0v) is 17.1. The predicted molar refractivity (Wildman–Crippen MR) is 113 cm³/mol. The number of likely N-dealkylation sites (tertiary alicyclic amines) is 1. The van der Waals surface area contributed by atoms with Crippen molar-refractivity contribution in [2.45, 2.75) is 51.6 Å². The molecule has 1 aromatic carbocycles. The average Bonchev–Trinajstić information content (AvgIpc) is 2.95. The number of carbonyl (C=O) groups is 1. The first-order valence-electron chi connectivity index (χ1n) is 10.2. The molecule has 5 heteroatoms. The first kappa shape index (κ1) is 18.9. The number of pyridine rings is 1. The number of nitrogens with one attached hydrogen (secondary N) is 1. The maximum atomic E-state index is 13.0. The van der Waals surface area contributed by atoms with E-state index in [0.29, 0.717) is 6.54 Å². The second-order valence-corrected chi connectivity index (χ2v) is 8.78. The van der Waals surface area contributed by atoms with Crippen LogP contribution in [-0.4, -0.2) is 41.6 Å². The number of benzene rings is 1. The fourth-order valence-corrected chi connectivity index (χ4v) is 4.33. The molecule has 148 valence electrons. The Bertz CT molecular complexity index is 841. The van der Waals surface area contributed by atoms with Crippen LogP contribution in [-0.2, 0) is 12.0 Å². The van der Waals surface area contributed by atoms with Crippen LogP contribution in [0.2, 0.25) is 0 Å². The number of amides is 2. The van der Waals surface area contributed by atoms with E-state index < -0.39 is 0 Å². The molecule has 4 rings (SSSR count). The topological polar surface area (TPSA) is 48.5 Å². The summed E-state index contributed by atoms with van der Waals surface area (Å²) in [6.07, 6.45) is 1.99. The second-order valence-electron chi connectivity index (χ2n) is 8.78. The quantitative estimate of drug-likeness (QED) is 0.882. The van der Waals surface area contributed by atoms with Crippen LogP contribution in [0.4, 0.5) is 10.5 Å². The van der Waals surface area contributed by atoms with Gasteiger partial charge in [-0.05, 0) is 37.5 Å². The summed E-state index contributed by atoms with van der Waals surface area (Å²) in [6.45, 7) is 10.0. The lowest BCUT2D eigenvalue weighted by Crippen LogP contribution is -2.49. The van der Waals surface area contributed by atoms with Crippen LogP contribution in [0.3, 0.4) is 0 Å². The van der Waals surface area contributed by atoms with Gasteiger partial charge in [-0.1, -0.05) is 44.2 Å². The summed E-state index contributed by atoms with van der Waals surface area (Å²) in [5, 5.41) is 3.27. The van der Waals surface area contributed by atoms with E-state index in [9.17, 15) is 4.79 Å². The molecule has 0 spiro atoms. The number of fused-ring (bicyclic) bond motifs is 1. The Morgan fingerprint density at radius 3 is 2.57 bits per heavy atom. The van der Waals surface area contributed by atoms with Gasteiger partial charge in [0.05, 0.1) is 11.4 Å². The van der Waals surface area contributed by atoms with Crippen LogP contribution >= 0.6 is 0 Å². The standard InChI is InChI=1S/C23H30N4O/c1-17-9-10-20-21(24-17)23(2,3)16-27(20)22(28)25-19-11-13-26(14-12-19)15-18-7-5-4-6-8-18/h4-10,19H,11-16H2,1-3H3,(H,25,28). The molecule has 0 unspecified atom stereocenters. The van der Waals surface area contributed by atoms with Gasteiger partial charge in [-0.25, -0.2) is 4.79 Å². The van der Waals surface area contributed by atoms with Gasteiger partial charge >= 0.3 is 6.03 Å². The van der Waals surface area contributed by atoms with Gasteiger partial charge in [0.1, 0.15) is 0 Å². The SMILES string of the molecule is Cc1ccc2c(n1)C(C)(C)CN2C(=O)NC1CCN(Cc2ccccc2)CC1. The highest BCUT2D eigenvalue weighted by Crippen LogP contribution is 2.39. The maximum Gasteiger partial charge on any atom is 0.322 e. The number of aryl methyl sites for hydroxylation is 1. The Hall–Kier alpha value is -2.40. The summed E-state index contributed by atoms with van der Waals surface area (Å²) in [7, 11) is 0. The Balaban J connectivity index is 1.34. The second kappa shape index (κ2) is 7.55. The van der Waals surface area contributed by atoms with Gasteiger partial charge in [0.25, 0.3) is 0 Å². The van der Waals surface area contributed by atoms with E-state index in [2.05, 4.69) is 54.4 Å². The highest BCUT2D eigenvalue weighted by molar-refractivity contribution is 5.94. The molecular weight excluding hydrogens is 348 g/mol. The van der Waals surface area contributed by atoms with E-state index in [1.165, 1.54) is 5.56 Å². The van der Waals surface area contributed by atoms with E-state index in [0.717, 1.165) is 49.6 Å². The number of piperidine rings is 1. The molecule has 2 amide bonds. The minimum Gasteiger partial charge on any atom is -0.335 e. The van der Waals surface area contributed by atoms with Crippen molar-refractivity contribution in [1.29, 1.82) is 0 Å². The van der Waals surface area contributed by atoms with Crippen LogP contribution in [0.15, 0.2) is 42.5 Å². The molecule has 2 aliphatic rings. The molecule has 0 atom stereocenters. The van der Waals surface area contributed by atoms with Gasteiger partial charge in [0.2, 0.25) is 0 Å². The van der Waals surface area contributed by atoms with E-state index in [-0.39, 0.29) is 17.5 Å². The van der Waals surface area contributed by atoms with Gasteiger partial charge in [-0.3, -0.25) is 14.8 Å². The lowest BCUT2D eigenvalue weighted by molar-refractivity contribution is 0.188. The molecule has 0 aliphatic carbocycles. The molecule has 0 bridgehead atoms. The van der Waals surface area contributed by atoms with Gasteiger partial charge < -0.3 is 5.32 Å². The monoisotopic (exact) mass is 378 g/mol. The molecule has 0 saturated carbocycles. The van der Waals surface area contributed by atoms with Crippen molar-refractivity contribution in [3.05, 3.63) is 59.4 Å². The number of carbonyl (C=O) groups excluding carboxylic acids is 1. The number of aromatic nitrogens is 1. The van der Waals surface area contributed by atoms with Crippen LogP contribution in [0.5, 0.6) is 0 Å². The number of anilines is 1. The molecule has 2 aromatic rings. The minimum atomic E-state index is -0.113. The normalized spacial score (nSPS) is 19.5. The van der Waals surface area contributed by atoms with Crippen LogP contribution in [0.1, 0.15) is 43.6 Å². The first-order valence-corrected chi connectivity index (χ1v) is 10.2. The third-order valence-electron chi connectivity index (χ3n) is 5.91. The van der Waals surface area contributed by atoms with Crippen molar-refractivity contribution in [2.24, 2.45) is 0 Å². The summed E-state index contributed by atoms with van der Waals surface area (Å²) in [6, 6.07) is 14.9. The van der Waals surface area contributed by atoms with Crippen molar-refractivity contribution in [3.8, 4) is 0 Å². The summed E-state index contributed by atoms with van der Waals surface area (Å²) >= 11 is 0. The molecule has 3 heterocycles. The number of hydrogen-bond donors (Lipinski definition) is 1. The Morgan fingerprint density at radius 1 is 1.14 bits per heavy atom. The zero-order valence-electron chi connectivity index (χ0n) is 17.1. The van der Waals surface area contributed by atoms with Gasteiger partial charge in [0, 0.05) is 43.3 Å². The highest BCUT2D eigenvalue weighted by Gasteiger charge is 2.40. The van der Waals surface area contributed by atoms with Crippen molar-refractivity contribution >= 4 is 11.7 Å². The van der Waals surface area contributed by atoms with E-state index in [1.54, 1.807) is 0 Å². The van der Waals surface area contributed by atoms with Gasteiger partial charge in [0.15, 0.2) is 0 Å². The van der Waals surface area contributed by atoms with Crippen molar-refractivity contribution in [2.75, 3.05) is 24.5 Å². The fraction of sp³-hybridized carbons (Fsp3) is 0.478. The van der Waals surface area contributed by atoms with Gasteiger partial charge in [-0.15, -0.1) is 0 Å². The Labute approximate surface area is 167 Å². The van der Waals surface area contributed by atoms with Crippen molar-refractivity contribution in [3.63, 3.8) is 0 Å². The predicted octanol–water partition coefficient (Wildman–Crippen LogP) is 3.86. The summed E-state index contributed by atoms with van der Waals surface area (Å²) in [5.41, 5.74) is 4.22. The highest BCUT2D eigenvalue weighted by atomic mass is 16.2. The summed E-state index contributed by atoms with van der Waals surface area (Å²) in [4.78, 5) is 22.0. The number of urea groups is 1. The Kier molecular flexibility index (Phi) is 5.11. The third-order valence-corrected chi connectivity index (χ3v) is 5.91. The number of rotatable bonds is 3. The van der Waals surface area contributed by atoms with Crippen molar-refractivity contribution in [1.82, 2.24) is 15.2 Å². The first-order chi connectivity index (χ1) is 13.4. The summed E-state index contributed by atoms with van der Waals surface area (Å²) in [5.74, 6) is 0. The number of nitrogens with zero attached hydrogens (tertiary/aromatic N) is 3. The lowest BCUT2D eigenvalue weighted by atomic mass is 9.91. The molecular formula is C23H30N4O. The van der Waals surface area contributed by atoms with E-state index in [1.807, 2.05) is 24.0 Å². The minimum absolute atomic E-state index is 0.0130. The average molecular weight is 379 g/mol. The van der Waals surface area contributed by atoms with Crippen LogP contribution in [0.25, 0.3) is 0 Å². The third kappa shape index (κ3) is 3.90. The molecule has 1 N–H and O–H groups in total. The lowest BCUT2D eigenvalue weighted by Gasteiger charge is -2.33. The molecule has 1 fully saturated rings. The Morgan fingerprint density at radius 2 is 1.86 bits per heavy atom. The molecule has 2 aliphatic heterocycles. The molecule has 5 nitrogen and oxygen atoms in total. The van der Waals surface area contributed by atoms with Crippen LogP contribution < -0.4 is 10.2 Å². The smallest absolute Gasteiger partial charge is 0.322 e. The fourth-order valence-electron chi connectivity index (χ4n) is 4.33. The zero-order chi connectivity index (χ0) is 19.7. The molecule has 1 saturated heterocycles. The molecule has 1 aromatic heterocycles. The largest absolute Gasteiger partial charge is 0.335 e. The summed E-state index contributed by atoms with van der Waals surface area (Å²) < 4.78 is 0. The van der Waals surface area contributed by atoms with Crippen LogP contribution in [0, 0.1) is 6.92 Å².